The first-order valence-electron chi connectivity index (χ1n) is 23.8. The number of hydrogen-bond acceptors (Lipinski definition) is 4. The molecule has 0 atom stereocenters. The van der Waals surface area contributed by atoms with Crippen LogP contribution in [0.4, 0.5) is 22.7 Å². The zero-order valence-corrected chi connectivity index (χ0v) is 40.3. The van der Waals surface area contributed by atoms with Crippen molar-refractivity contribution in [2.75, 3.05) is 9.62 Å². The predicted octanol–water partition coefficient (Wildman–Crippen LogP) is 12.1. The van der Waals surface area contributed by atoms with Gasteiger partial charge in [-0.1, -0.05) is 137 Å². The topological polar surface area (TPSA) is 42.3 Å². The van der Waals surface area contributed by atoms with Crippen molar-refractivity contribution < 1.29 is 9.30 Å². The fourth-order valence-corrected chi connectivity index (χ4v) is 13.9. The molecule has 0 saturated carbocycles. The first-order chi connectivity index (χ1) is 33.6. The Labute approximate surface area is 403 Å². The number of ether oxygens (including phenoxy) is 1. The smallest absolute Gasteiger partial charge is 0.420 e. The summed E-state index contributed by atoms with van der Waals surface area (Å²) in [5.41, 5.74) is 13.6. The highest BCUT2D eigenvalue weighted by Gasteiger charge is 2.44. The van der Waals surface area contributed by atoms with Crippen molar-refractivity contribution >= 4 is 86.5 Å². The minimum absolute atomic E-state index is 0.0648. The Morgan fingerprint density at radius 1 is 0.565 bits per heavy atom. The Hall–Kier alpha value is -8.14. The molecule has 8 aromatic carbocycles. The van der Waals surface area contributed by atoms with Crippen LogP contribution in [-0.2, 0) is 5.41 Å². The largest absolute Gasteiger partial charge is 0.458 e. The van der Waals surface area contributed by atoms with E-state index in [1.165, 1.54) is 26.9 Å². The van der Waals surface area contributed by atoms with Gasteiger partial charge in [-0.05, 0) is 118 Å². The molecule has 0 fully saturated rings. The molecule has 0 aliphatic carbocycles. The number of imidazole rings is 1. The SMILES string of the molecule is CC(C)(C)c1ccnc(-n2c3ccc(B4N(c5ccccc5)c5ccccc5N4c4ccccc4)cc3c3ccc(Oc4ccc5c(c4)-n4[c-][n+](-c6ccccc6)c6cccc(c64)[Si]5(C)C)cc32)c1. The number of aromatic nitrogens is 4. The van der Waals surface area contributed by atoms with E-state index >= 15 is 0 Å². The monoisotopic (exact) mass is 908 g/mol. The zero-order valence-electron chi connectivity index (χ0n) is 39.3. The van der Waals surface area contributed by atoms with E-state index in [0.29, 0.717) is 0 Å². The van der Waals surface area contributed by atoms with Crippen molar-refractivity contribution in [2.24, 2.45) is 0 Å². The van der Waals surface area contributed by atoms with Crippen LogP contribution in [0.3, 0.4) is 0 Å². The van der Waals surface area contributed by atoms with E-state index in [1.54, 1.807) is 0 Å². The molecule has 69 heavy (non-hydrogen) atoms. The van der Waals surface area contributed by atoms with Crippen LogP contribution >= 0.6 is 0 Å². The van der Waals surface area contributed by atoms with E-state index in [9.17, 15) is 0 Å². The first kappa shape index (κ1) is 41.1. The molecule has 9 heteroatoms. The summed E-state index contributed by atoms with van der Waals surface area (Å²) < 4.78 is 13.7. The Kier molecular flexibility index (Phi) is 9.20. The molecule has 0 N–H and O–H groups in total. The maximum Gasteiger partial charge on any atom is 0.420 e. The molecule has 3 aromatic heterocycles. The van der Waals surface area contributed by atoms with Crippen LogP contribution in [0.2, 0.25) is 13.1 Å². The van der Waals surface area contributed by atoms with Gasteiger partial charge in [0.15, 0.2) is 0 Å². The van der Waals surface area contributed by atoms with Crippen molar-refractivity contribution in [2.45, 2.75) is 39.3 Å². The molecular weight excluding hydrogens is 860 g/mol. The summed E-state index contributed by atoms with van der Waals surface area (Å²) in [5.74, 6) is 2.40. The highest BCUT2D eigenvalue weighted by Crippen LogP contribution is 2.46. The van der Waals surface area contributed by atoms with Crippen LogP contribution < -0.4 is 34.8 Å². The quantitative estimate of drug-likeness (QED) is 0.0908. The third-order valence-corrected chi connectivity index (χ3v) is 17.9. The molecule has 0 spiro atoms. The van der Waals surface area contributed by atoms with Gasteiger partial charge in [-0.2, -0.15) is 0 Å². The highest BCUT2D eigenvalue weighted by molar-refractivity contribution is 7.02. The Bertz CT molecular complexity index is 3740. The number of pyridine rings is 1. The van der Waals surface area contributed by atoms with E-state index in [-0.39, 0.29) is 12.4 Å². The van der Waals surface area contributed by atoms with Crippen LogP contribution in [0.25, 0.3) is 50.0 Å². The van der Waals surface area contributed by atoms with Crippen molar-refractivity contribution in [3.63, 3.8) is 0 Å². The van der Waals surface area contributed by atoms with Crippen LogP contribution in [0, 0.1) is 6.33 Å². The summed E-state index contributed by atoms with van der Waals surface area (Å²) in [6.07, 6.45) is 5.69. The molecule has 2 aliphatic rings. The lowest BCUT2D eigenvalue weighted by Crippen LogP contribution is -2.57. The molecule has 0 amide bonds. The molecule has 0 unspecified atom stereocenters. The number of hydrogen-bond donors (Lipinski definition) is 0. The molecule has 0 bridgehead atoms. The van der Waals surface area contributed by atoms with Gasteiger partial charge in [-0.25, -0.2) is 4.98 Å². The Morgan fingerprint density at radius 2 is 1.22 bits per heavy atom. The molecule has 11 aromatic rings. The van der Waals surface area contributed by atoms with E-state index < -0.39 is 8.07 Å². The van der Waals surface area contributed by atoms with Gasteiger partial charge in [0, 0.05) is 34.4 Å². The highest BCUT2D eigenvalue weighted by atomic mass is 28.3. The van der Waals surface area contributed by atoms with Crippen molar-refractivity contribution in [1.82, 2.24) is 14.1 Å². The van der Waals surface area contributed by atoms with Crippen molar-refractivity contribution in [3.05, 3.63) is 218 Å². The minimum atomic E-state index is -2.09. The lowest BCUT2D eigenvalue weighted by Gasteiger charge is -2.32. The number of para-hydroxylation sites is 6. The summed E-state index contributed by atoms with van der Waals surface area (Å²) in [5, 5.41) is 5.04. The second-order valence-corrected chi connectivity index (χ2v) is 24.2. The Balaban J connectivity index is 0.970. The number of rotatable bonds is 7. The Morgan fingerprint density at radius 3 is 1.91 bits per heavy atom. The van der Waals surface area contributed by atoms with Gasteiger partial charge < -0.3 is 14.4 Å². The summed E-state index contributed by atoms with van der Waals surface area (Å²) in [6.45, 7) is 11.5. The third kappa shape index (κ3) is 6.48. The molecule has 7 nitrogen and oxygen atoms in total. The minimum Gasteiger partial charge on any atom is -0.458 e. The molecule has 0 radical (unpaired) electrons. The number of nitrogens with zero attached hydrogens (tertiary/aromatic N) is 6. The van der Waals surface area contributed by atoms with Crippen LogP contribution in [-0.4, -0.2) is 29.2 Å². The molecule has 332 valence electrons. The maximum atomic E-state index is 6.96. The lowest BCUT2D eigenvalue weighted by atomic mass is 9.64. The predicted molar refractivity (Wildman–Crippen MR) is 287 cm³/mol. The lowest BCUT2D eigenvalue weighted by molar-refractivity contribution is -0.572. The van der Waals surface area contributed by atoms with Gasteiger partial charge in [-0.3, -0.25) is 13.7 Å². The van der Waals surface area contributed by atoms with Gasteiger partial charge in [0.05, 0.1) is 44.8 Å². The van der Waals surface area contributed by atoms with E-state index in [2.05, 4.69) is 264 Å². The number of benzene rings is 8. The fourth-order valence-electron chi connectivity index (χ4n) is 11.0. The molecular formula is C60H49BN6OSi. The first-order valence-corrected chi connectivity index (χ1v) is 26.8. The number of anilines is 4. The second kappa shape index (κ2) is 15.5. The molecule has 13 rings (SSSR count). The zero-order chi connectivity index (χ0) is 46.6. The number of fused-ring (bicyclic) bond motifs is 6. The summed E-state index contributed by atoms with van der Waals surface area (Å²) in [7, 11) is -2.09. The van der Waals surface area contributed by atoms with Crippen LogP contribution in [0.15, 0.2) is 206 Å². The maximum absolute atomic E-state index is 6.96. The van der Waals surface area contributed by atoms with E-state index in [1.807, 2.05) is 6.20 Å². The molecule has 5 heterocycles. The van der Waals surface area contributed by atoms with Crippen molar-refractivity contribution in [3.8, 4) is 28.7 Å². The van der Waals surface area contributed by atoms with Gasteiger partial charge in [0.1, 0.15) is 25.4 Å². The average Bonchev–Trinajstić information content (AvgIpc) is 4.05. The molecule has 0 saturated heterocycles. The standard InChI is InChI=1S/C60H49BN6OSi/c1-60(2,3)41-34-35-62-58(36-41)65-50-32-28-42(61-66(44-20-11-7-12-21-44)51-24-15-16-25-52(51)67(61)45-22-13-8-14-23-45)37-49(50)48-31-29-46(38-54(48)65)68-47-30-33-56-55(39-47)64-40-63(43-18-9-6-10-19-43)53-26-17-27-57(59(53)64)69(56,4)5/h6-39H,1-5H3. The van der Waals surface area contributed by atoms with E-state index in [4.69, 9.17) is 9.72 Å². The van der Waals surface area contributed by atoms with Gasteiger partial charge >= 0.3 is 6.98 Å². The van der Waals surface area contributed by atoms with Crippen LogP contribution in [0.1, 0.15) is 26.3 Å². The second-order valence-electron chi connectivity index (χ2n) is 19.9. The normalized spacial score (nSPS) is 13.9. The van der Waals surface area contributed by atoms with Gasteiger partial charge in [0.2, 0.25) is 0 Å². The molecule has 2 aliphatic heterocycles. The van der Waals surface area contributed by atoms with Crippen LogP contribution in [0.5, 0.6) is 11.5 Å². The third-order valence-electron chi connectivity index (χ3n) is 14.3. The van der Waals surface area contributed by atoms with Gasteiger partial charge in [0.25, 0.3) is 6.33 Å². The van der Waals surface area contributed by atoms with E-state index in [0.717, 1.165) is 78.8 Å². The van der Waals surface area contributed by atoms with Crippen molar-refractivity contribution in [1.29, 1.82) is 0 Å². The average molecular weight is 909 g/mol. The fraction of sp³-hybridized carbons (Fsp3) is 0.100. The summed E-state index contributed by atoms with van der Waals surface area (Å²) in [6, 6.07) is 72.0. The summed E-state index contributed by atoms with van der Waals surface area (Å²) in [4.78, 5) is 10.0. The van der Waals surface area contributed by atoms with Gasteiger partial charge in [-0.15, -0.1) is 0 Å². The summed E-state index contributed by atoms with van der Waals surface area (Å²) >= 11 is 0.